The second-order valence-corrected chi connectivity index (χ2v) is 3.67. The van der Waals surface area contributed by atoms with E-state index < -0.39 is 0 Å². The van der Waals surface area contributed by atoms with E-state index in [1.165, 1.54) is 0 Å². The van der Waals surface area contributed by atoms with Gasteiger partial charge >= 0.3 is 0 Å². The molecule has 1 rings (SSSR count). The highest BCUT2D eigenvalue weighted by Gasteiger charge is 2.20. The molecule has 1 unspecified atom stereocenters. The zero-order chi connectivity index (χ0) is 9.84. The molecule has 1 amide bonds. The van der Waals surface area contributed by atoms with E-state index in [0.29, 0.717) is 24.7 Å². The van der Waals surface area contributed by atoms with E-state index >= 15 is 0 Å². The van der Waals surface area contributed by atoms with Crippen LogP contribution in [-0.4, -0.2) is 42.1 Å². The monoisotopic (exact) mass is 202 g/mol. The van der Waals surface area contributed by atoms with Crippen LogP contribution in [0.1, 0.15) is 6.92 Å². The summed E-state index contributed by atoms with van der Waals surface area (Å²) in [6.07, 6.45) is 0. The molecule has 13 heavy (non-hydrogen) atoms. The molecule has 1 fully saturated rings. The summed E-state index contributed by atoms with van der Waals surface area (Å²) in [6, 6.07) is 0. The van der Waals surface area contributed by atoms with Gasteiger partial charge in [0.05, 0.1) is 11.6 Å². The van der Waals surface area contributed by atoms with E-state index in [0.717, 1.165) is 0 Å². The molecule has 0 radical (unpaired) electrons. The molecule has 0 spiro atoms. The highest BCUT2D eigenvalue weighted by atomic mass is 32.1. The van der Waals surface area contributed by atoms with Gasteiger partial charge in [0.15, 0.2) is 0 Å². The van der Waals surface area contributed by atoms with Gasteiger partial charge in [0.1, 0.15) is 6.61 Å². The van der Waals surface area contributed by atoms with Crippen molar-refractivity contribution in [2.45, 2.75) is 6.92 Å². The van der Waals surface area contributed by atoms with Crippen molar-refractivity contribution in [3.63, 3.8) is 0 Å². The van der Waals surface area contributed by atoms with E-state index in [1.54, 1.807) is 4.90 Å². The Bertz CT molecular complexity index is 220. The fraction of sp³-hybridized carbons (Fsp3) is 0.750. The molecule has 74 valence electrons. The average Bonchev–Trinajstić information content (AvgIpc) is 2.08. The molecule has 0 aromatic rings. The number of thiocarbonyl (C=S) groups is 1. The third kappa shape index (κ3) is 2.93. The maximum absolute atomic E-state index is 11.3. The second-order valence-electron chi connectivity index (χ2n) is 3.20. The van der Waals surface area contributed by atoms with Gasteiger partial charge in [-0.25, -0.2) is 0 Å². The van der Waals surface area contributed by atoms with Gasteiger partial charge in [-0.3, -0.25) is 4.79 Å². The number of nitrogens with two attached hydrogens (primary N) is 1. The Morgan fingerprint density at radius 3 is 3.08 bits per heavy atom. The summed E-state index contributed by atoms with van der Waals surface area (Å²) < 4.78 is 5.00. The summed E-state index contributed by atoms with van der Waals surface area (Å²) in [4.78, 5) is 13.5. The van der Waals surface area contributed by atoms with Gasteiger partial charge in [0.25, 0.3) is 0 Å². The van der Waals surface area contributed by atoms with Crippen molar-refractivity contribution in [2.75, 3.05) is 26.3 Å². The predicted molar refractivity (Wildman–Crippen MR) is 53.3 cm³/mol. The molecule has 0 saturated carbocycles. The number of carbonyl (C=O) groups excluding carboxylic acids is 1. The van der Waals surface area contributed by atoms with Crippen LogP contribution < -0.4 is 5.73 Å². The topological polar surface area (TPSA) is 55.6 Å². The lowest BCUT2D eigenvalue weighted by Crippen LogP contribution is -2.45. The molecule has 0 aliphatic carbocycles. The van der Waals surface area contributed by atoms with E-state index in [4.69, 9.17) is 22.7 Å². The molecule has 0 aromatic heterocycles. The summed E-state index contributed by atoms with van der Waals surface area (Å²) in [6.45, 7) is 3.97. The number of nitrogens with zero attached hydrogens (tertiary/aromatic N) is 1. The van der Waals surface area contributed by atoms with Crippen LogP contribution in [0.4, 0.5) is 0 Å². The van der Waals surface area contributed by atoms with Crippen molar-refractivity contribution in [3.8, 4) is 0 Å². The molecule has 1 atom stereocenters. The minimum atomic E-state index is 0.0225. The molecular weight excluding hydrogens is 188 g/mol. The SMILES string of the molecule is CC(CN1CCOCC1=O)C(N)=S. The molecule has 5 heteroatoms. The highest BCUT2D eigenvalue weighted by molar-refractivity contribution is 7.80. The molecular formula is C8H14N2O2S. The van der Waals surface area contributed by atoms with Crippen LogP contribution in [0.5, 0.6) is 0 Å². The number of morpholine rings is 1. The van der Waals surface area contributed by atoms with Crippen LogP contribution in [0.2, 0.25) is 0 Å². The lowest BCUT2D eigenvalue weighted by molar-refractivity contribution is -0.142. The Hall–Kier alpha value is -0.680. The quantitative estimate of drug-likeness (QED) is 0.642. The molecule has 1 heterocycles. The van der Waals surface area contributed by atoms with Gasteiger partial charge < -0.3 is 15.4 Å². The van der Waals surface area contributed by atoms with E-state index in [9.17, 15) is 4.79 Å². The Labute approximate surface area is 83.0 Å². The van der Waals surface area contributed by atoms with Gasteiger partial charge in [0, 0.05) is 19.0 Å². The minimum absolute atomic E-state index is 0.0225. The van der Waals surface area contributed by atoms with Gasteiger partial charge in [-0.15, -0.1) is 0 Å². The summed E-state index contributed by atoms with van der Waals surface area (Å²) in [5.41, 5.74) is 5.46. The van der Waals surface area contributed by atoms with Crippen LogP contribution in [-0.2, 0) is 9.53 Å². The number of carbonyl (C=O) groups is 1. The smallest absolute Gasteiger partial charge is 0.248 e. The van der Waals surface area contributed by atoms with Crippen molar-refractivity contribution >= 4 is 23.1 Å². The Morgan fingerprint density at radius 1 is 1.85 bits per heavy atom. The predicted octanol–water partition coefficient (Wildman–Crippen LogP) is -0.233. The Morgan fingerprint density at radius 2 is 2.54 bits per heavy atom. The lowest BCUT2D eigenvalue weighted by atomic mass is 10.1. The summed E-state index contributed by atoms with van der Waals surface area (Å²) in [7, 11) is 0. The van der Waals surface area contributed by atoms with E-state index in [-0.39, 0.29) is 18.4 Å². The van der Waals surface area contributed by atoms with Crippen molar-refractivity contribution in [3.05, 3.63) is 0 Å². The van der Waals surface area contributed by atoms with E-state index in [1.807, 2.05) is 6.92 Å². The van der Waals surface area contributed by atoms with E-state index in [2.05, 4.69) is 0 Å². The van der Waals surface area contributed by atoms with Gasteiger partial charge in [0.2, 0.25) is 5.91 Å². The number of hydrogen-bond donors (Lipinski definition) is 1. The first-order chi connectivity index (χ1) is 6.11. The van der Waals surface area contributed by atoms with Crippen LogP contribution in [0.15, 0.2) is 0 Å². The lowest BCUT2D eigenvalue weighted by Gasteiger charge is -2.28. The molecule has 1 saturated heterocycles. The standard InChI is InChI=1S/C8H14N2O2S/c1-6(8(9)13)4-10-2-3-12-5-7(10)11/h6H,2-5H2,1H3,(H2,9,13). The molecule has 1 aliphatic heterocycles. The number of amides is 1. The second kappa shape index (κ2) is 4.53. The van der Waals surface area contributed by atoms with Crippen molar-refractivity contribution in [1.82, 2.24) is 4.90 Å². The Kier molecular flexibility index (Phi) is 3.62. The summed E-state index contributed by atoms with van der Waals surface area (Å²) in [5, 5.41) is 0. The van der Waals surface area contributed by atoms with Crippen LogP contribution >= 0.6 is 12.2 Å². The number of ether oxygens (including phenoxy) is 1. The molecule has 0 bridgehead atoms. The molecule has 0 aromatic carbocycles. The average molecular weight is 202 g/mol. The van der Waals surface area contributed by atoms with Crippen LogP contribution in [0.3, 0.4) is 0 Å². The van der Waals surface area contributed by atoms with Crippen LogP contribution in [0.25, 0.3) is 0 Å². The fourth-order valence-electron chi connectivity index (χ4n) is 1.16. The maximum atomic E-state index is 11.3. The van der Waals surface area contributed by atoms with Crippen molar-refractivity contribution < 1.29 is 9.53 Å². The highest BCUT2D eigenvalue weighted by Crippen LogP contribution is 2.04. The summed E-state index contributed by atoms with van der Waals surface area (Å²) >= 11 is 4.83. The summed E-state index contributed by atoms with van der Waals surface area (Å²) in [5.74, 6) is 0.103. The molecule has 4 nitrogen and oxygen atoms in total. The minimum Gasteiger partial charge on any atom is -0.393 e. The normalized spacial score (nSPS) is 20.1. The number of hydrogen-bond acceptors (Lipinski definition) is 3. The van der Waals surface area contributed by atoms with Gasteiger partial charge in [-0.1, -0.05) is 19.1 Å². The maximum Gasteiger partial charge on any atom is 0.248 e. The number of rotatable bonds is 3. The molecule has 2 N–H and O–H groups in total. The first-order valence-corrected chi connectivity index (χ1v) is 4.67. The first-order valence-electron chi connectivity index (χ1n) is 4.26. The third-order valence-corrected chi connectivity index (χ3v) is 2.47. The van der Waals surface area contributed by atoms with Crippen molar-refractivity contribution in [1.29, 1.82) is 0 Å². The van der Waals surface area contributed by atoms with Gasteiger partial charge in [-0.2, -0.15) is 0 Å². The Balaban J connectivity index is 2.42. The first kappa shape index (κ1) is 10.4. The third-order valence-electron chi connectivity index (χ3n) is 2.06. The van der Waals surface area contributed by atoms with Crippen molar-refractivity contribution in [2.24, 2.45) is 11.7 Å². The largest absolute Gasteiger partial charge is 0.393 e. The molecule has 1 aliphatic rings. The van der Waals surface area contributed by atoms with Gasteiger partial charge in [-0.05, 0) is 0 Å². The zero-order valence-electron chi connectivity index (χ0n) is 7.66. The zero-order valence-corrected chi connectivity index (χ0v) is 8.47. The van der Waals surface area contributed by atoms with Crippen LogP contribution in [0, 0.1) is 5.92 Å². The fourth-order valence-corrected chi connectivity index (χ4v) is 1.24.